The fourth-order valence-electron chi connectivity index (χ4n) is 3.48. The van der Waals surface area contributed by atoms with Gasteiger partial charge in [0.15, 0.2) is 0 Å². The molecule has 1 unspecified atom stereocenters. The van der Waals surface area contributed by atoms with Crippen LogP contribution < -0.4 is 0 Å². The van der Waals surface area contributed by atoms with Crippen molar-refractivity contribution in [3.8, 4) is 11.1 Å². The summed E-state index contributed by atoms with van der Waals surface area (Å²) in [4.78, 5) is 22.9. The van der Waals surface area contributed by atoms with Gasteiger partial charge in [-0.1, -0.05) is 11.3 Å². The molecule has 0 aliphatic carbocycles. The molecule has 0 N–H and O–H groups in total. The molecule has 8 nitrogen and oxygen atoms in total. The SMILES string of the molecule is Cc1nc(C(=O)N2CCOC(c3nnn4cc(-c5ccncc5)ccc34)C2)cs1. The summed E-state index contributed by atoms with van der Waals surface area (Å²) in [6.07, 6.45) is 5.14. The van der Waals surface area contributed by atoms with Crippen molar-refractivity contribution in [1.29, 1.82) is 0 Å². The van der Waals surface area contributed by atoms with E-state index >= 15 is 0 Å². The van der Waals surface area contributed by atoms with E-state index in [1.807, 2.05) is 37.4 Å². The van der Waals surface area contributed by atoms with Crippen molar-refractivity contribution < 1.29 is 9.53 Å². The smallest absolute Gasteiger partial charge is 0.273 e. The average molecular weight is 406 g/mol. The fourth-order valence-corrected chi connectivity index (χ4v) is 4.07. The number of pyridine rings is 2. The maximum atomic E-state index is 12.8. The molecule has 0 spiro atoms. The normalized spacial score (nSPS) is 17.0. The van der Waals surface area contributed by atoms with E-state index in [9.17, 15) is 4.79 Å². The Bertz CT molecular complexity index is 1170. The van der Waals surface area contributed by atoms with Crippen LogP contribution >= 0.6 is 11.3 Å². The molecule has 5 rings (SSSR count). The maximum Gasteiger partial charge on any atom is 0.273 e. The number of rotatable bonds is 3. The molecule has 29 heavy (non-hydrogen) atoms. The molecule has 1 aliphatic heterocycles. The molecule has 0 saturated carbocycles. The van der Waals surface area contributed by atoms with Gasteiger partial charge in [0, 0.05) is 36.1 Å². The van der Waals surface area contributed by atoms with E-state index in [4.69, 9.17) is 4.74 Å². The minimum atomic E-state index is -0.322. The van der Waals surface area contributed by atoms with Gasteiger partial charge in [-0.2, -0.15) is 0 Å². The highest BCUT2D eigenvalue weighted by Gasteiger charge is 2.30. The van der Waals surface area contributed by atoms with E-state index in [0.29, 0.717) is 25.4 Å². The minimum Gasteiger partial charge on any atom is -0.368 e. The van der Waals surface area contributed by atoms with Crippen molar-refractivity contribution in [3.63, 3.8) is 0 Å². The molecule has 1 aliphatic rings. The molecular weight excluding hydrogens is 388 g/mol. The standard InChI is InChI=1S/C20H18N6O2S/c1-13-22-16(12-29-13)20(27)25-8-9-28-18(11-25)19-17-3-2-15(10-26(17)24-23-19)14-4-6-21-7-5-14/h2-7,10,12,18H,8-9,11H2,1H3. The third-order valence-electron chi connectivity index (χ3n) is 4.95. The Hall–Kier alpha value is -3.17. The molecule has 5 heterocycles. The third-order valence-corrected chi connectivity index (χ3v) is 5.72. The number of amides is 1. The summed E-state index contributed by atoms with van der Waals surface area (Å²) in [5, 5.41) is 11.3. The minimum absolute atomic E-state index is 0.0703. The molecular formula is C20H18N6O2S. The van der Waals surface area contributed by atoms with Crippen molar-refractivity contribution in [3.05, 3.63) is 64.6 Å². The van der Waals surface area contributed by atoms with Crippen LogP contribution in [0.2, 0.25) is 0 Å². The van der Waals surface area contributed by atoms with Crippen molar-refractivity contribution in [2.24, 2.45) is 0 Å². The quantitative estimate of drug-likeness (QED) is 0.520. The highest BCUT2D eigenvalue weighted by atomic mass is 32.1. The third kappa shape index (κ3) is 3.39. The van der Waals surface area contributed by atoms with Gasteiger partial charge >= 0.3 is 0 Å². The van der Waals surface area contributed by atoms with E-state index in [0.717, 1.165) is 27.3 Å². The van der Waals surface area contributed by atoms with E-state index < -0.39 is 0 Å². The summed E-state index contributed by atoms with van der Waals surface area (Å²) in [5.41, 5.74) is 4.17. The highest BCUT2D eigenvalue weighted by molar-refractivity contribution is 7.09. The number of aromatic nitrogens is 5. The van der Waals surface area contributed by atoms with Crippen LogP contribution in [0.4, 0.5) is 0 Å². The zero-order chi connectivity index (χ0) is 19.8. The van der Waals surface area contributed by atoms with Crippen LogP contribution in [0.3, 0.4) is 0 Å². The first-order valence-electron chi connectivity index (χ1n) is 9.27. The van der Waals surface area contributed by atoms with Crippen molar-refractivity contribution in [2.75, 3.05) is 19.7 Å². The number of carbonyl (C=O) groups is 1. The van der Waals surface area contributed by atoms with Crippen LogP contribution in [-0.2, 0) is 4.74 Å². The second-order valence-corrected chi connectivity index (χ2v) is 7.88. The first kappa shape index (κ1) is 17.9. The second-order valence-electron chi connectivity index (χ2n) is 6.82. The van der Waals surface area contributed by atoms with Gasteiger partial charge in [-0.05, 0) is 30.7 Å². The molecule has 4 aromatic rings. The average Bonchev–Trinajstić information content (AvgIpc) is 3.39. The molecule has 4 aromatic heterocycles. The van der Waals surface area contributed by atoms with Crippen LogP contribution in [0.1, 0.15) is 27.3 Å². The summed E-state index contributed by atoms with van der Waals surface area (Å²) in [6.45, 7) is 3.31. The van der Waals surface area contributed by atoms with Crippen LogP contribution in [0.15, 0.2) is 48.2 Å². The Morgan fingerprint density at radius 1 is 1.21 bits per heavy atom. The van der Waals surface area contributed by atoms with Crippen LogP contribution in [0.25, 0.3) is 16.6 Å². The number of hydrogen-bond donors (Lipinski definition) is 0. The van der Waals surface area contributed by atoms with Gasteiger partial charge < -0.3 is 9.64 Å². The van der Waals surface area contributed by atoms with E-state index in [2.05, 4.69) is 20.3 Å². The Labute approximate surface area is 170 Å². The highest BCUT2D eigenvalue weighted by Crippen LogP contribution is 2.27. The molecule has 1 saturated heterocycles. The Morgan fingerprint density at radius 3 is 2.86 bits per heavy atom. The maximum absolute atomic E-state index is 12.8. The van der Waals surface area contributed by atoms with Gasteiger partial charge in [0.05, 0.1) is 23.7 Å². The Kier molecular flexibility index (Phi) is 4.53. The molecule has 1 amide bonds. The van der Waals surface area contributed by atoms with Crippen molar-refractivity contribution in [2.45, 2.75) is 13.0 Å². The largest absolute Gasteiger partial charge is 0.368 e. The van der Waals surface area contributed by atoms with Crippen LogP contribution in [-0.4, -0.2) is 55.3 Å². The zero-order valence-electron chi connectivity index (χ0n) is 15.7. The number of aryl methyl sites for hydroxylation is 1. The summed E-state index contributed by atoms with van der Waals surface area (Å²) < 4.78 is 7.68. The number of ether oxygens (including phenoxy) is 1. The Morgan fingerprint density at radius 2 is 2.07 bits per heavy atom. The van der Waals surface area contributed by atoms with Gasteiger partial charge in [-0.25, -0.2) is 9.50 Å². The number of morpholine rings is 1. The molecule has 0 radical (unpaired) electrons. The lowest BCUT2D eigenvalue weighted by Crippen LogP contribution is -2.42. The van der Waals surface area contributed by atoms with E-state index in [-0.39, 0.29) is 12.0 Å². The number of thiazole rings is 1. The van der Waals surface area contributed by atoms with Gasteiger partial charge in [-0.15, -0.1) is 16.4 Å². The molecule has 1 fully saturated rings. The lowest BCUT2D eigenvalue weighted by Gasteiger charge is -2.31. The lowest BCUT2D eigenvalue weighted by molar-refractivity contribution is -0.0242. The molecule has 1 atom stereocenters. The number of nitrogens with zero attached hydrogens (tertiary/aromatic N) is 6. The van der Waals surface area contributed by atoms with Crippen LogP contribution in [0, 0.1) is 6.92 Å². The predicted molar refractivity (Wildman–Crippen MR) is 108 cm³/mol. The number of fused-ring (bicyclic) bond motifs is 1. The summed E-state index contributed by atoms with van der Waals surface area (Å²) in [5.74, 6) is -0.0703. The monoisotopic (exact) mass is 406 g/mol. The summed E-state index contributed by atoms with van der Waals surface area (Å²) in [7, 11) is 0. The van der Waals surface area contributed by atoms with Gasteiger partial charge in [0.2, 0.25) is 0 Å². The fraction of sp³-hybridized carbons (Fsp3) is 0.250. The van der Waals surface area contributed by atoms with Gasteiger partial charge in [0.1, 0.15) is 17.5 Å². The topological polar surface area (TPSA) is 85.5 Å². The van der Waals surface area contributed by atoms with Crippen LogP contribution in [0.5, 0.6) is 0 Å². The van der Waals surface area contributed by atoms with E-state index in [1.54, 1.807) is 27.2 Å². The van der Waals surface area contributed by atoms with Gasteiger partial charge in [-0.3, -0.25) is 9.78 Å². The van der Waals surface area contributed by atoms with Crippen molar-refractivity contribution >= 4 is 22.8 Å². The predicted octanol–water partition coefficient (Wildman–Crippen LogP) is 2.77. The molecule has 9 heteroatoms. The Balaban J connectivity index is 1.41. The zero-order valence-corrected chi connectivity index (χ0v) is 16.5. The molecule has 0 bridgehead atoms. The van der Waals surface area contributed by atoms with Gasteiger partial charge in [0.25, 0.3) is 5.91 Å². The number of carbonyl (C=O) groups excluding carboxylic acids is 1. The lowest BCUT2D eigenvalue weighted by atomic mass is 10.1. The first-order chi connectivity index (χ1) is 14.2. The molecule has 0 aromatic carbocycles. The molecule has 146 valence electrons. The second kappa shape index (κ2) is 7.34. The summed E-state index contributed by atoms with van der Waals surface area (Å²) >= 11 is 1.48. The van der Waals surface area contributed by atoms with E-state index in [1.165, 1.54) is 11.3 Å². The van der Waals surface area contributed by atoms with Crippen molar-refractivity contribution in [1.82, 2.24) is 29.7 Å². The summed E-state index contributed by atoms with van der Waals surface area (Å²) in [6, 6.07) is 7.92. The number of hydrogen-bond acceptors (Lipinski definition) is 7. The first-order valence-corrected chi connectivity index (χ1v) is 10.2.